The predicted octanol–water partition coefficient (Wildman–Crippen LogP) is 7.59. The Balaban J connectivity index is 1.48. The van der Waals surface area contributed by atoms with Gasteiger partial charge in [-0.05, 0) is 81.3 Å². The van der Waals surface area contributed by atoms with Crippen molar-refractivity contribution >= 4 is 0 Å². The molecular weight excluding hydrogens is 382 g/mol. The maximum Gasteiger partial charge on any atom is 0.200 e. The second kappa shape index (κ2) is 11.5. The fraction of sp³-hybridized carbons (Fsp3) is 0.769. The molecule has 1 N–H and O–H groups in total. The number of halogens is 2. The van der Waals surface area contributed by atoms with Crippen LogP contribution >= 0.6 is 0 Å². The van der Waals surface area contributed by atoms with Gasteiger partial charge in [0.15, 0.2) is 11.6 Å². The maximum atomic E-state index is 14.5. The van der Waals surface area contributed by atoms with Crippen LogP contribution in [0.1, 0.15) is 103 Å². The van der Waals surface area contributed by atoms with Crippen LogP contribution in [0.15, 0.2) is 12.1 Å². The number of hydrogen-bond acceptors (Lipinski definition) is 2. The number of rotatable bonds is 9. The van der Waals surface area contributed by atoms with Crippen LogP contribution in [0.3, 0.4) is 0 Å². The van der Waals surface area contributed by atoms with Crippen LogP contribution in [-0.4, -0.2) is 11.7 Å². The van der Waals surface area contributed by atoms with E-state index in [-0.39, 0.29) is 23.8 Å². The predicted molar refractivity (Wildman–Crippen MR) is 118 cm³/mol. The lowest BCUT2D eigenvalue weighted by molar-refractivity contribution is 0.0534. The number of benzene rings is 1. The Morgan fingerprint density at radius 1 is 0.900 bits per heavy atom. The first kappa shape index (κ1) is 23.5. The van der Waals surface area contributed by atoms with Gasteiger partial charge in [-0.2, -0.15) is 4.39 Å². The van der Waals surface area contributed by atoms with Gasteiger partial charge in [-0.1, -0.05) is 45.4 Å². The molecule has 3 rings (SSSR count). The van der Waals surface area contributed by atoms with E-state index in [1.54, 1.807) is 6.92 Å². The van der Waals surface area contributed by atoms with E-state index in [1.807, 2.05) is 0 Å². The van der Waals surface area contributed by atoms with Gasteiger partial charge >= 0.3 is 0 Å². The highest BCUT2D eigenvalue weighted by Gasteiger charge is 2.34. The number of hydrogen-bond donors (Lipinski definition) is 1. The summed E-state index contributed by atoms with van der Waals surface area (Å²) in [6.45, 7) is 4.28. The summed E-state index contributed by atoms with van der Waals surface area (Å²) in [5.74, 6) is 0.480. The first-order valence-electron chi connectivity index (χ1n) is 12.3. The molecule has 1 aromatic carbocycles. The summed E-state index contributed by atoms with van der Waals surface area (Å²) in [5, 5.41) is 10.8. The van der Waals surface area contributed by atoms with Gasteiger partial charge in [0, 0.05) is 5.56 Å². The maximum absolute atomic E-state index is 14.5. The van der Waals surface area contributed by atoms with Crippen LogP contribution in [0.5, 0.6) is 5.75 Å². The zero-order chi connectivity index (χ0) is 21.5. The Labute approximate surface area is 181 Å². The van der Waals surface area contributed by atoms with Crippen molar-refractivity contribution in [1.29, 1.82) is 0 Å². The molecule has 1 unspecified atom stereocenters. The highest BCUT2D eigenvalue weighted by atomic mass is 19.2. The van der Waals surface area contributed by atoms with Gasteiger partial charge in [0.2, 0.25) is 5.82 Å². The van der Waals surface area contributed by atoms with Crippen molar-refractivity contribution < 1.29 is 18.6 Å². The largest absolute Gasteiger partial charge is 0.491 e. The fourth-order valence-corrected chi connectivity index (χ4v) is 5.86. The van der Waals surface area contributed by atoms with Gasteiger partial charge in [0.1, 0.15) is 0 Å². The summed E-state index contributed by atoms with van der Waals surface area (Å²) in [5.41, 5.74) is 0.0759. The SMILES string of the molecule is CCCCCC1CCC(C2CCC(C(O)c3ccc(OCC)c(F)c3F)CC2)CC1. The van der Waals surface area contributed by atoms with Gasteiger partial charge in [-0.3, -0.25) is 0 Å². The van der Waals surface area contributed by atoms with Crippen molar-refractivity contribution in [2.75, 3.05) is 6.61 Å². The molecule has 0 saturated heterocycles. The molecule has 2 aliphatic rings. The minimum absolute atomic E-state index is 0.0125. The summed E-state index contributed by atoms with van der Waals surface area (Å²) >= 11 is 0. The molecule has 2 aliphatic carbocycles. The zero-order valence-electron chi connectivity index (χ0n) is 18.8. The third-order valence-electron chi connectivity index (χ3n) is 7.73. The Hall–Kier alpha value is -1.16. The normalized spacial score (nSPS) is 28.3. The van der Waals surface area contributed by atoms with E-state index >= 15 is 0 Å². The lowest BCUT2D eigenvalue weighted by Gasteiger charge is -2.39. The van der Waals surface area contributed by atoms with Crippen molar-refractivity contribution in [3.63, 3.8) is 0 Å². The Kier molecular flexibility index (Phi) is 8.98. The molecule has 2 saturated carbocycles. The van der Waals surface area contributed by atoms with Gasteiger partial charge in [-0.15, -0.1) is 0 Å². The molecule has 0 amide bonds. The van der Waals surface area contributed by atoms with Crippen LogP contribution in [-0.2, 0) is 0 Å². The molecule has 2 fully saturated rings. The lowest BCUT2D eigenvalue weighted by atomic mass is 9.67. The van der Waals surface area contributed by atoms with Crippen LogP contribution in [0.4, 0.5) is 8.78 Å². The van der Waals surface area contributed by atoms with E-state index in [1.165, 1.54) is 63.5 Å². The average molecular weight is 423 g/mol. The van der Waals surface area contributed by atoms with Crippen LogP contribution in [0.25, 0.3) is 0 Å². The first-order valence-corrected chi connectivity index (χ1v) is 12.3. The van der Waals surface area contributed by atoms with Gasteiger partial charge in [-0.25, -0.2) is 4.39 Å². The number of ether oxygens (including phenoxy) is 1. The molecule has 30 heavy (non-hydrogen) atoms. The minimum Gasteiger partial charge on any atom is -0.491 e. The molecule has 4 heteroatoms. The molecule has 1 atom stereocenters. The summed E-state index contributed by atoms with van der Waals surface area (Å²) in [6, 6.07) is 2.92. The highest BCUT2D eigenvalue weighted by Crippen LogP contribution is 2.45. The molecule has 170 valence electrons. The van der Waals surface area contributed by atoms with Crippen LogP contribution < -0.4 is 4.74 Å². The van der Waals surface area contributed by atoms with E-state index < -0.39 is 17.7 Å². The van der Waals surface area contributed by atoms with E-state index in [4.69, 9.17) is 4.74 Å². The van der Waals surface area contributed by atoms with Crippen LogP contribution in [0, 0.1) is 35.3 Å². The molecule has 1 aromatic rings. The van der Waals surface area contributed by atoms with Crippen molar-refractivity contribution in [3.05, 3.63) is 29.3 Å². The molecule has 0 bridgehead atoms. The van der Waals surface area contributed by atoms with Gasteiger partial charge in [0.05, 0.1) is 12.7 Å². The van der Waals surface area contributed by atoms with Crippen molar-refractivity contribution in [1.82, 2.24) is 0 Å². The lowest BCUT2D eigenvalue weighted by Crippen LogP contribution is -2.28. The van der Waals surface area contributed by atoms with Crippen molar-refractivity contribution in [2.24, 2.45) is 23.7 Å². The summed E-state index contributed by atoms with van der Waals surface area (Å²) in [6.07, 6.45) is 14.0. The smallest absolute Gasteiger partial charge is 0.200 e. The number of aliphatic hydroxyl groups excluding tert-OH is 1. The Bertz CT molecular complexity index is 647. The van der Waals surface area contributed by atoms with E-state index in [0.29, 0.717) is 0 Å². The first-order chi connectivity index (χ1) is 14.5. The van der Waals surface area contributed by atoms with Gasteiger partial charge in [0.25, 0.3) is 0 Å². The highest BCUT2D eigenvalue weighted by molar-refractivity contribution is 5.32. The van der Waals surface area contributed by atoms with Crippen molar-refractivity contribution in [2.45, 2.75) is 97.0 Å². The van der Waals surface area contributed by atoms with Crippen LogP contribution in [0.2, 0.25) is 0 Å². The summed E-state index contributed by atoms with van der Waals surface area (Å²) < 4.78 is 33.8. The third-order valence-corrected chi connectivity index (χ3v) is 7.73. The van der Waals surface area contributed by atoms with Gasteiger partial charge < -0.3 is 9.84 Å². The molecule has 0 aliphatic heterocycles. The zero-order valence-corrected chi connectivity index (χ0v) is 18.8. The number of aliphatic hydroxyl groups is 1. The van der Waals surface area contributed by atoms with E-state index in [0.717, 1.165) is 43.4 Å². The molecule has 0 aromatic heterocycles. The minimum atomic E-state index is -0.988. The van der Waals surface area contributed by atoms with E-state index in [2.05, 4.69) is 6.92 Å². The molecule has 0 spiro atoms. The number of unbranched alkanes of at least 4 members (excludes halogenated alkanes) is 2. The quantitative estimate of drug-likeness (QED) is 0.415. The second-order valence-electron chi connectivity index (χ2n) is 9.61. The molecule has 0 heterocycles. The molecule has 2 nitrogen and oxygen atoms in total. The van der Waals surface area contributed by atoms with Crippen molar-refractivity contribution in [3.8, 4) is 5.75 Å². The fourth-order valence-electron chi connectivity index (χ4n) is 5.86. The van der Waals surface area contributed by atoms with E-state index in [9.17, 15) is 13.9 Å². The Morgan fingerprint density at radius 3 is 2.13 bits per heavy atom. The average Bonchev–Trinajstić information content (AvgIpc) is 2.78. The summed E-state index contributed by atoms with van der Waals surface area (Å²) in [7, 11) is 0. The monoisotopic (exact) mass is 422 g/mol. The Morgan fingerprint density at radius 2 is 1.53 bits per heavy atom. The molecule has 0 radical (unpaired) electrons. The third kappa shape index (κ3) is 5.75. The molecular formula is C26H40F2O2. The standard InChI is InChI=1S/C26H40F2O2/c1-3-5-6-7-18-8-10-19(11-9-18)20-12-14-21(15-13-20)26(29)22-16-17-23(30-4-2)25(28)24(22)27/h16-21,26,29H,3-15H2,1-2H3. The topological polar surface area (TPSA) is 29.5 Å². The second-order valence-corrected chi connectivity index (χ2v) is 9.61. The summed E-state index contributed by atoms with van der Waals surface area (Å²) in [4.78, 5) is 0.